The van der Waals surface area contributed by atoms with Crippen molar-refractivity contribution in [1.82, 2.24) is 0 Å². The molecule has 0 aromatic heterocycles. The third-order valence-corrected chi connectivity index (χ3v) is 4.46. The standard InChI is InChI=1S/C22H23ClN2O3/c1-14(2)13-28-20-10-5-16(12-21(20)27-4)11-19-15(3)24-25(22(19)26)18-8-6-17(23)7-9-18/h5-12,14H,13H2,1-4H3/b19-11+. The van der Waals surface area contributed by atoms with Gasteiger partial charge in [-0.25, -0.2) is 0 Å². The summed E-state index contributed by atoms with van der Waals surface area (Å²) in [5.74, 6) is 1.55. The van der Waals surface area contributed by atoms with E-state index in [-0.39, 0.29) is 5.91 Å². The number of amides is 1. The minimum absolute atomic E-state index is 0.182. The maximum absolute atomic E-state index is 12.9. The molecule has 0 unspecified atom stereocenters. The highest BCUT2D eigenvalue weighted by molar-refractivity contribution is 6.32. The summed E-state index contributed by atoms with van der Waals surface area (Å²) in [4.78, 5) is 12.9. The molecule has 146 valence electrons. The fraction of sp³-hybridized carbons (Fsp3) is 0.273. The molecule has 1 aliphatic heterocycles. The third-order valence-electron chi connectivity index (χ3n) is 4.20. The van der Waals surface area contributed by atoms with Gasteiger partial charge in [0, 0.05) is 5.02 Å². The average Bonchev–Trinajstić information content (AvgIpc) is 2.95. The van der Waals surface area contributed by atoms with Crippen molar-refractivity contribution in [2.75, 3.05) is 18.7 Å². The van der Waals surface area contributed by atoms with E-state index in [4.69, 9.17) is 21.1 Å². The fourth-order valence-electron chi connectivity index (χ4n) is 2.76. The van der Waals surface area contributed by atoms with E-state index in [1.165, 1.54) is 5.01 Å². The molecule has 2 aromatic carbocycles. The summed E-state index contributed by atoms with van der Waals surface area (Å²) in [6.07, 6.45) is 1.81. The first-order valence-electron chi connectivity index (χ1n) is 9.07. The summed E-state index contributed by atoms with van der Waals surface area (Å²) in [5, 5.41) is 6.38. The van der Waals surface area contributed by atoms with Gasteiger partial charge in [0.15, 0.2) is 11.5 Å². The van der Waals surface area contributed by atoms with Gasteiger partial charge >= 0.3 is 0 Å². The van der Waals surface area contributed by atoms with Gasteiger partial charge in [0.2, 0.25) is 0 Å². The van der Waals surface area contributed by atoms with Gasteiger partial charge in [0.05, 0.1) is 30.7 Å². The van der Waals surface area contributed by atoms with E-state index in [2.05, 4.69) is 18.9 Å². The molecule has 0 radical (unpaired) electrons. The molecular formula is C22H23ClN2O3. The lowest BCUT2D eigenvalue weighted by Gasteiger charge is -2.13. The lowest BCUT2D eigenvalue weighted by Crippen LogP contribution is -2.21. The molecule has 1 heterocycles. The minimum atomic E-state index is -0.182. The average molecular weight is 399 g/mol. The summed E-state index contributed by atoms with van der Waals surface area (Å²) in [6.45, 7) is 6.60. The van der Waals surface area contributed by atoms with Crippen molar-refractivity contribution in [3.63, 3.8) is 0 Å². The molecule has 28 heavy (non-hydrogen) atoms. The summed E-state index contributed by atoms with van der Waals surface area (Å²) in [5.41, 5.74) is 2.70. The number of hydrogen-bond donors (Lipinski definition) is 0. The number of methoxy groups -OCH3 is 1. The molecule has 0 fully saturated rings. The number of hydrazone groups is 1. The van der Waals surface area contributed by atoms with E-state index >= 15 is 0 Å². The third kappa shape index (κ3) is 4.37. The topological polar surface area (TPSA) is 51.1 Å². The summed E-state index contributed by atoms with van der Waals surface area (Å²) in [6, 6.07) is 12.6. The number of halogens is 1. The van der Waals surface area contributed by atoms with Crippen molar-refractivity contribution in [1.29, 1.82) is 0 Å². The van der Waals surface area contributed by atoms with Crippen LogP contribution in [0.5, 0.6) is 11.5 Å². The number of hydrogen-bond acceptors (Lipinski definition) is 4. The van der Waals surface area contributed by atoms with Crippen LogP contribution in [0.25, 0.3) is 6.08 Å². The van der Waals surface area contributed by atoms with Crippen LogP contribution in [0.4, 0.5) is 5.69 Å². The second-order valence-electron chi connectivity index (χ2n) is 6.95. The van der Waals surface area contributed by atoms with Crippen molar-refractivity contribution < 1.29 is 14.3 Å². The number of anilines is 1. The Morgan fingerprint density at radius 3 is 2.50 bits per heavy atom. The van der Waals surface area contributed by atoms with Crippen molar-refractivity contribution in [3.05, 3.63) is 58.6 Å². The molecule has 1 amide bonds. The molecule has 0 spiro atoms. The first kappa shape index (κ1) is 20.0. The van der Waals surface area contributed by atoms with Gasteiger partial charge in [-0.2, -0.15) is 10.1 Å². The van der Waals surface area contributed by atoms with Gasteiger partial charge in [-0.3, -0.25) is 4.79 Å². The van der Waals surface area contributed by atoms with E-state index in [1.807, 2.05) is 31.2 Å². The first-order chi connectivity index (χ1) is 13.4. The predicted octanol–water partition coefficient (Wildman–Crippen LogP) is 5.19. The largest absolute Gasteiger partial charge is 0.493 e. The van der Waals surface area contributed by atoms with Gasteiger partial charge in [-0.1, -0.05) is 31.5 Å². The quantitative estimate of drug-likeness (QED) is 0.629. The van der Waals surface area contributed by atoms with Crippen molar-refractivity contribution >= 4 is 35.0 Å². The number of benzene rings is 2. The fourth-order valence-corrected chi connectivity index (χ4v) is 2.88. The van der Waals surface area contributed by atoms with E-state index in [0.717, 1.165) is 5.56 Å². The SMILES string of the molecule is COc1cc(/C=C2/C(=O)N(c3ccc(Cl)cc3)N=C2C)ccc1OCC(C)C. The van der Waals surface area contributed by atoms with Gasteiger partial charge in [0.1, 0.15) is 0 Å². The van der Waals surface area contributed by atoms with Crippen LogP contribution in [0.1, 0.15) is 26.3 Å². The van der Waals surface area contributed by atoms with Crippen molar-refractivity contribution in [3.8, 4) is 11.5 Å². The molecule has 0 N–H and O–H groups in total. The number of nitrogens with zero attached hydrogens (tertiary/aromatic N) is 2. The van der Waals surface area contributed by atoms with Crippen molar-refractivity contribution in [2.24, 2.45) is 11.0 Å². The Morgan fingerprint density at radius 1 is 1.14 bits per heavy atom. The van der Waals surface area contributed by atoms with Crippen LogP contribution in [-0.2, 0) is 4.79 Å². The summed E-state index contributed by atoms with van der Waals surface area (Å²) in [7, 11) is 1.60. The normalized spacial score (nSPS) is 15.4. The molecule has 0 saturated carbocycles. The molecule has 0 atom stereocenters. The van der Waals surface area contributed by atoms with Gasteiger partial charge < -0.3 is 9.47 Å². The highest BCUT2D eigenvalue weighted by atomic mass is 35.5. The smallest absolute Gasteiger partial charge is 0.280 e. The number of rotatable bonds is 6. The molecule has 0 bridgehead atoms. The lowest BCUT2D eigenvalue weighted by molar-refractivity contribution is -0.114. The van der Waals surface area contributed by atoms with E-state index in [9.17, 15) is 4.79 Å². The van der Waals surface area contributed by atoms with Crippen LogP contribution in [0.2, 0.25) is 5.02 Å². The second-order valence-corrected chi connectivity index (χ2v) is 7.39. The Bertz CT molecular complexity index is 933. The molecule has 3 rings (SSSR count). The Morgan fingerprint density at radius 2 is 1.86 bits per heavy atom. The minimum Gasteiger partial charge on any atom is -0.493 e. The van der Waals surface area contributed by atoms with Gasteiger partial charge in [-0.15, -0.1) is 0 Å². The van der Waals surface area contributed by atoms with Gasteiger partial charge in [0.25, 0.3) is 5.91 Å². The molecule has 6 heteroatoms. The highest BCUT2D eigenvalue weighted by Crippen LogP contribution is 2.31. The van der Waals surface area contributed by atoms with E-state index < -0.39 is 0 Å². The number of ether oxygens (including phenoxy) is 2. The Labute approximate surface area is 170 Å². The van der Waals surface area contributed by atoms with Crippen LogP contribution in [0, 0.1) is 5.92 Å². The second kappa shape index (κ2) is 8.48. The van der Waals surface area contributed by atoms with Crippen LogP contribution < -0.4 is 14.5 Å². The number of carbonyl (C=O) groups is 1. The Kier molecular flexibility index (Phi) is 6.05. The molecule has 0 saturated heterocycles. The van der Waals surface area contributed by atoms with Crippen LogP contribution in [-0.4, -0.2) is 25.3 Å². The number of carbonyl (C=O) groups excluding carboxylic acids is 1. The first-order valence-corrected chi connectivity index (χ1v) is 9.45. The van der Waals surface area contributed by atoms with Crippen molar-refractivity contribution in [2.45, 2.75) is 20.8 Å². The summed E-state index contributed by atoms with van der Waals surface area (Å²) < 4.78 is 11.2. The monoisotopic (exact) mass is 398 g/mol. The molecule has 1 aliphatic rings. The Hall–Kier alpha value is -2.79. The summed E-state index contributed by atoms with van der Waals surface area (Å²) >= 11 is 5.93. The highest BCUT2D eigenvalue weighted by Gasteiger charge is 2.28. The maximum atomic E-state index is 12.9. The zero-order chi connectivity index (χ0) is 20.3. The zero-order valence-electron chi connectivity index (χ0n) is 16.4. The molecular weight excluding hydrogens is 376 g/mol. The molecule has 0 aliphatic carbocycles. The van der Waals surface area contributed by atoms with Gasteiger partial charge in [-0.05, 0) is 60.9 Å². The van der Waals surface area contributed by atoms with E-state index in [1.54, 1.807) is 31.4 Å². The maximum Gasteiger partial charge on any atom is 0.280 e. The predicted molar refractivity (Wildman–Crippen MR) is 113 cm³/mol. The Balaban J connectivity index is 1.86. The van der Waals surface area contributed by atoms with Crippen LogP contribution in [0.15, 0.2) is 53.1 Å². The zero-order valence-corrected chi connectivity index (χ0v) is 17.2. The molecule has 5 nitrogen and oxygen atoms in total. The molecule has 2 aromatic rings. The lowest BCUT2D eigenvalue weighted by atomic mass is 10.1. The van der Waals surface area contributed by atoms with Crippen LogP contribution >= 0.6 is 11.6 Å². The van der Waals surface area contributed by atoms with Crippen LogP contribution in [0.3, 0.4) is 0 Å². The van der Waals surface area contributed by atoms with E-state index in [0.29, 0.717) is 46.0 Å².